The molecule has 0 spiro atoms. The van der Waals surface area contributed by atoms with Crippen LogP contribution < -0.4 is 15.6 Å². The van der Waals surface area contributed by atoms with Crippen molar-refractivity contribution in [3.8, 4) is 17.0 Å². The molecule has 0 aliphatic rings. The summed E-state index contributed by atoms with van der Waals surface area (Å²) in [7, 11) is 4.87. The van der Waals surface area contributed by atoms with Crippen molar-refractivity contribution in [2.75, 3.05) is 26.5 Å². The molecule has 1 N–H and O–H groups in total. The number of rotatable bonds is 6. The summed E-state index contributed by atoms with van der Waals surface area (Å²) >= 11 is 1.09. The number of ether oxygens (including phenoxy) is 1. The minimum absolute atomic E-state index is 0.185. The van der Waals surface area contributed by atoms with Gasteiger partial charge in [-0.25, -0.2) is 9.67 Å². The Balaban J connectivity index is 1.76. The van der Waals surface area contributed by atoms with Crippen molar-refractivity contribution < 1.29 is 14.3 Å². The zero-order valence-electron chi connectivity index (χ0n) is 17.0. The highest BCUT2D eigenvalue weighted by Crippen LogP contribution is 2.23. The van der Waals surface area contributed by atoms with Crippen molar-refractivity contribution >= 4 is 28.3 Å². The zero-order valence-corrected chi connectivity index (χ0v) is 17.8. The molecule has 0 saturated heterocycles. The number of nitrogens with one attached hydrogen (secondary N) is 1. The smallest absolute Gasteiger partial charge is 0.267 e. The maximum absolute atomic E-state index is 12.4. The van der Waals surface area contributed by atoms with E-state index in [4.69, 9.17) is 4.74 Å². The van der Waals surface area contributed by atoms with Crippen molar-refractivity contribution in [3.05, 3.63) is 57.3 Å². The number of hydrogen-bond donors (Lipinski definition) is 1. The minimum atomic E-state index is -0.464. The second-order valence-electron chi connectivity index (χ2n) is 6.62. The fourth-order valence-corrected chi connectivity index (χ4v) is 3.63. The molecule has 2 aromatic heterocycles. The van der Waals surface area contributed by atoms with Crippen LogP contribution >= 0.6 is 11.3 Å². The third-order valence-corrected chi connectivity index (χ3v) is 5.25. The van der Waals surface area contributed by atoms with E-state index in [9.17, 15) is 14.4 Å². The molecule has 3 rings (SSSR count). The van der Waals surface area contributed by atoms with Gasteiger partial charge in [-0.15, -0.1) is 0 Å². The van der Waals surface area contributed by atoms with Gasteiger partial charge in [0.05, 0.1) is 18.5 Å². The van der Waals surface area contributed by atoms with E-state index in [1.54, 1.807) is 46.3 Å². The predicted molar refractivity (Wildman–Crippen MR) is 114 cm³/mol. The van der Waals surface area contributed by atoms with Crippen LogP contribution in [-0.4, -0.2) is 52.7 Å². The Bertz CT molecular complexity index is 1130. The number of carbonyl (C=O) groups is 2. The lowest BCUT2D eigenvalue weighted by Gasteiger charge is -2.08. The van der Waals surface area contributed by atoms with Crippen molar-refractivity contribution in [3.63, 3.8) is 0 Å². The average molecular weight is 427 g/mol. The van der Waals surface area contributed by atoms with E-state index in [1.807, 2.05) is 12.1 Å². The van der Waals surface area contributed by atoms with Gasteiger partial charge in [0.2, 0.25) is 5.91 Å². The van der Waals surface area contributed by atoms with Gasteiger partial charge in [-0.3, -0.25) is 14.4 Å². The summed E-state index contributed by atoms with van der Waals surface area (Å²) in [5, 5.41) is 7.20. The predicted octanol–water partition coefficient (Wildman–Crippen LogP) is 2.02. The van der Waals surface area contributed by atoms with Crippen molar-refractivity contribution in [2.45, 2.75) is 13.5 Å². The zero-order chi connectivity index (χ0) is 21.8. The van der Waals surface area contributed by atoms with Gasteiger partial charge >= 0.3 is 0 Å². The van der Waals surface area contributed by atoms with Gasteiger partial charge in [0.25, 0.3) is 11.5 Å². The van der Waals surface area contributed by atoms with E-state index in [2.05, 4.69) is 15.4 Å². The van der Waals surface area contributed by atoms with Crippen LogP contribution in [0.4, 0.5) is 5.13 Å². The van der Waals surface area contributed by atoms with E-state index in [0.29, 0.717) is 27.1 Å². The van der Waals surface area contributed by atoms with Gasteiger partial charge in [0.1, 0.15) is 17.2 Å². The highest BCUT2D eigenvalue weighted by Gasteiger charge is 2.18. The van der Waals surface area contributed by atoms with Crippen LogP contribution in [0.25, 0.3) is 11.3 Å². The van der Waals surface area contributed by atoms with Gasteiger partial charge in [0, 0.05) is 25.7 Å². The van der Waals surface area contributed by atoms with E-state index >= 15 is 0 Å². The molecule has 156 valence electrons. The lowest BCUT2D eigenvalue weighted by Crippen LogP contribution is -2.29. The number of carbonyl (C=O) groups excluding carboxylic acids is 2. The van der Waals surface area contributed by atoms with Crippen LogP contribution in [0.2, 0.25) is 0 Å². The molecule has 0 aliphatic heterocycles. The highest BCUT2D eigenvalue weighted by molar-refractivity contribution is 7.17. The third-order valence-electron chi connectivity index (χ3n) is 4.19. The minimum Gasteiger partial charge on any atom is -0.497 e. The molecule has 0 fully saturated rings. The van der Waals surface area contributed by atoms with Gasteiger partial charge in [-0.1, -0.05) is 11.3 Å². The molecule has 30 heavy (non-hydrogen) atoms. The van der Waals surface area contributed by atoms with E-state index in [-0.39, 0.29) is 12.5 Å². The quantitative estimate of drug-likeness (QED) is 0.645. The number of nitrogens with zero attached hydrogens (tertiary/aromatic N) is 4. The van der Waals surface area contributed by atoms with Crippen LogP contribution in [0, 0.1) is 6.92 Å². The van der Waals surface area contributed by atoms with E-state index < -0.39 is 11.5 Å². The molecular weight excluding hydrogens is 406 g/mol. The first kappa shape index (κ1) is 21.2. The number of hydrogen-bond acceptors (Lipinski definition) is 7. The summed E-state index contributed by atoms with van der Waals surface area (Å²) in [6.07, 6.45) is 0. The molecule has 1 aromatic carbocycles. The number of anilines is 1. The van der Waals surface area contributed by atoms with E-state index in [1.165, 1.54) is 11.0 Å². The Morgan fingerprint density at radius 2 is 1.87 bits per heavy atom. The first-order chi connectivity index (χ1) is 14.3. The van der Waals surface area contributed by atoms with Crippen LogP contribution in [0.5, 0.6) is 5.75 Å². The average Bonchev–Trinajstić information content (AvgIpc) is 3.08. The normalized spacial score (nSPS) is 10.5. The largest absolute Gasteiger partial charge is 0.497 e. The lowest BCUT2D eigenvalue weighted by molar-refractivity contribution is -0.117. The molecule has 0 unspecified atom stereocenters. The summed E-state index contributed by atoms with van der Waals surface area (Å²) in [5.41, 5.74) is 1.47. The number of amides is 2. The Kier molecular flexibility index (Phi) is 6.26. The Labute approximate surface area is 176 Å². The van der Waals surface area contributed by atoms with Gasteiger partial charge in [0.15, 0.2) is 5.13 Å². The molecule has 0 atom stereocenters. The second kappa shape index (κ2) is 8.87. The van der Waals surface area contributed by atoms with Gasteiger partial charge in [-0.2, -0.15) is 5.10 Å². The summed E-state index contributed by atoms with van der Waals surface area (Å²) in [4.78, 5) is 42.8. The SMILES string of the molecule is COc1ccc(-c2ccc(=O)n(CC(=O)Nc3nc(C)c(C(=O)N(C)C)s3)n2)cc1. The second-order valence-corrected chi connectivity index (χ2v) is 7.62. The molecule has 3 aromatic rings. The van der Waals surface area contributed by atoms with Crippen LogP contribution in [-0.2, 0) is 11.3 Å². The first-order valence-electron chi connectivity index (χ1n) is 9.00. The van der Waals surface area contributed by atoms with Crippen LogP contribution in [0.3, 0.4) is 0 Å². The molecule has 0 radical (unpaired) electrons. The van der Waals surface area contributed by atoms with Crippen molar-refractivity contribution in [1.29, 1.82) is 0 Å². The Morgan fingerprint density at radius 3 is 2.50 bits per heavy atom. The highest BCUT2D eigenvalue weighted by atomic mass is 32.1. The maximum Gasteiger partial charge on any atom is 0.267 e. The number of thiazole rings is 1. The fraction of sp³-hybridized carbons (Fsp3) is 0.250. The first-order valence-corrected chi connectivity index (χ1v) is 9.81. The molecule has 0 bridgehead atoms. The topological polar surface area (TPSA) is 106 Å². The Hall–Kier alpha value is -3.53. The van der Waals surface area contributed by atoms with Gasteiger partial charge in [-0.05, 0) is 37.3 Å². The molecule has 2 amide bonds. The number of aromatic nitrogens is 3. The Morgan fingerprint density at radius 1 is 1.17 bits per heavy atom. The van der Waals surface area contributed by atoms with E-state index in [0.717, 1.165) is 21.6 Å². The molecule has 9 nitrogen and oxygen atoms in total. The fourth-order valence-electron chi connectivity index (χ4n) is 2.62. The monoisotopic (exact) mass is 427 g/mol. The number of aryl methyl sites for hydroxylation is 1. The number of benzene rings is 1. The summed E-state index contributed by atoms with van der Waals surface area (Å²) in [6, 6.07) is 10.2. The van der Waals surface area contributed by atoms with Gasteiger partial charge < -0.3 is 15.0 Å². The summed E-state index contributed by atoms with van der Waals surface area (Å²) in [6.45, 7) is 1.42. The standard InChI is InChI=1S/C20H21N5O4S/c1-12-18(19(28)24(2)3)30-20(21-12)22-16(26)11-25-17(27)10-9-15(23-25)13-5-7-14(29-4)8-6-13/h5-10H,11H2,1-4H3,(H,21,22,26). The number of methoxy groups -OCH3 is 1. The van der Waals surface area contributed by atoms with Crippen molar-refractivity contribution in [2.24, 2.45) is 0 Å². The summed E-state index contributed by atoms with van der Waals surface area (Å²) in [5.74, 6) is 0.0574. The molecule has 0 saturated carbocycles. The van der Waals surface area contributed by atoms with Crippen LogP contribution in [0.1, 0.15) is 15.4 Å². The molecule has 0 aliphatic carbocycles. The molecule has 2 heterocycles. The van der Waals surface area contributed by atoms with Crippen molar-refractivity contribution in [1.82, 2.24) is 19.7 Å². The molecular formula is C20H21N5O4S. The molecule has 10 heteroatoms. The summed E-state index contributed by atoms with van der Waals surface area (Å²) < 4.78 is 6.22. The third kappa shape index (κ3) is 4.71. The maximum atomic E-state index is 12.4. The van der Waals surface area contributed by atoms with Crippen LogP contribution in [0.15, 0.2) is 41.2 Å². The lowest BCUT2D eigenvalue weighted by atomic mass is 10.1.